The molecule has 0 spiro atoms. The Bertz CT molecular complexity index is 905. The maximum absolute atomic E-state index is 8.87. The Morgan fingerprint density at radius 2 is 1.64 bits per heavy atom. The van der Waals surface area contributed by atoms with E-state index < -0.39 is 0 Å². The van der Waals surface area contributed by atoms with E-state index in [1.54, 1.807) is 18.2 Å². The van der Waals surface area contributed by atoms with Crippen LogP contribution in [0.5, 0.6) is 0 Å². The lowest BCUT2D eigenvalue weighted by atomic mass is 9.99. The number of allylic oxidation sites excluding steroid dienone is 4. The molecule has 3 heteroatoms. The van der Waals surface area contributed by atoms with E-state index in [2.05, 4.69) is 18.2 Å². The van der Waals surface area contributed by atoms with Crippen molar-refractivity contribution in [3.63, 3.8) is 0 Å². The summed E-state index contributed by atoms with van der Waals surface area (Å²) in [5.74, 6) is 0. The van der Waals surface area contributed by atoms with Crippen molar-refractivity contribution >= 4 is 5.71 Å². The average Bonchev–Trinajstić information content (AvgIpc) is 2.69. The van der Waals surface area contributed by atoms with Gasteiger partial charge < -0.3 is 11.1 Å². The fraction of sp³-hybridized carbons (Fsp3) is 0.0909. The highest BCUT2D eigenvalue weighted by Gasteiger charge is 2.05. The van der Waals surface area contributed by atoms with Gasteiger partial charge in [0.2, 0.25) is 0 Å². The molecule has 2 aromatic carbocycles. The first-order chi connectivity index (χ1) is 12.2. The number of benzene rings is 2. The molecular weight excluding hydrogens is 306 g/mol. The lowest BCUT2D eigenvalue weighted by Gasteiger charge is -2.08. The standard InChI is InChI=1S/C22H19N3/c23-15-16-6-8-17(9-7-16)18-10-12-20(13-11-18)22(25)14-21(24)19-4-2-1-3-5-19/h2,4-14,25H,1,3,24H2/b21-14-,25-22?. The molecule has 2 aromatic rings. The molecule has 0 fully saturated rings. The zero-order valence-corrected chi connectivity index (χ0v) is 13.9. The second kappa shape index (κ2) is 7.46. The summed E-state index contributed by atoms with van der Waals surface area (Å²) in [7, 11) is 0. The lowest BCUT2D eigenvalue weighted by Crippen LogP contribution is -2.05. The molecule has 3 rings (SSSR count). The van der Waals surface area contributed by atoms with Gasteiger partial charge in [-0.15, -0.1) is 0 Å². The van der Waals surface area contributed by atoms with Gasteiger partial charge in [-0.25, -0.2) is 0 Å². The van der Waals surface area contributed by atoms with E-state index in [-0.39, 0.29) is 0 Å². The molecule has 0 heterocycles. The van der Waals surface area contributed by atoms with E-state index in [9.17, 15) is 0 Å². The quantitative estimate of drug-likeness (QED) is 0.799. The summed E-state index contributed by atoms with van der Waals surface area (Å²) in [5.41, 5.74) is 11.7. The summed E-state index contributed by atoms with van der Waals surface area (Å²) in [5, 5.41) is 17.1. The second-order valence-electron chi connectivity index (χ2n) is 5.92. The van der Waals surface area contributed by atoms with Gasteiger partial charge in [0, 0.05) is 5.70 Å². The maximum Gasteiger partial charge on any atom is 0.0991 e. The van der Waals surface area contributed by atoms with Gasteiger partial charge in [-0.3, -0.25) is 0 Å². The molecule has 25 heavy (non-hydrogen) atoms. The molecule has 0 radical (unpaired) electrons. The van der Waals surface area contributed by atoms with Crippen molar-refractivity contribution in [1.29, 1.82) is 10.7 Å². The highest BCUT2D eigenvalue weighted by molar-refractivity contribution is 6.07. The number of nitrogens with one attached hydrogen (secondary N) is 1. The zero-order valence-electron chi connectivity index (χ0n) is 13.9. The molecule has 0 aromatic heterocycles. The van der Waals surface area contributed by atoms with Crippen molar-refractivity contribution in [3.05, 3.63) is 95.2 Å². The third-order valence-electron chi connectivity index (χ3n) is 4.17. The second-order valence-corrected chi connectivity index (χ2v) is 5.92. The fourth-order valence-electron chi connectivity index (χ4n) is 2.73. The first-order valence-corrected chi connectivity index (χ1v) is 8.21. The maximum atomic E-state index is 8.87. The summed E-state index contributed by atoms with van der Waals surface area (Å²) in [4.78, 5) is 0. The minimum absolute atomic E-state index is 0.392. The molecule has 0 unspecified atom stereocenters. The number of rotatable bonds is 4. The van der Waals surface area contributed by atoms with Crippen LogP contribution in [0.3, 0.4) is 0 Å². The Balaban J connectivity index is 1.77. The van der Waals surface area contributed by atoms with Crippen LogP contribution in [0.15, 0.2) is 84.1 Å². The number of nitrogens with zero attached hydrogens (tertiary/aromatic N) is 1. The Labute approximate surface area is 147 Å². The highest BCUT2D eigenvalue weighted by Crippen LogP contribution is 2.21. The third-order valence-corrected chi connectivity index (χ3v) is 4.17. The van der Waals surface area contributed by atoms with Crippen LogP contribution < -0.4 is 5.73 Å². The minimum atomic E-state index is 0.392. The van der Waals surface area contributed by atoms with Gasteiger partial charge in [0.25, 0.3) is 0 Å². The summed E-state index contributed by atoms with van der Waals surface area (Å²) in [6, 6.07) is 17.4. The third kappa shape index (κ3) is 3.94. The molecule has 0 bridgehead atoms. The number of nitrogens with two attached hydrogens (primary N) is 1. The van der Waals surface area contributed by atoms with Crippen LogP contribution in [0.4, 0.5) is 0 Å². The van der Waals surface area contributed by atoms with Crippen molar-refractivity contribution in [3.8, 4) is 17.2 Å². The van der Waals surface area contributed by atoms with Crippen molar-refractivity contribution in [2.75, 3.05) is 0 Å². The van der Waals surface area contributed by atoms with Gasteiger partial charge in [0.1, 0.15) is 0 Å². The van der Waals surface area contributed by atoms with Crippen molar-refractivity contribution in [2.24, 2.45) is 5.73 Å². The lowest BCUT2D eigenvalue weighted by molar-refractivity contribution is 1.02. The fourth-order valence-corrected chi connectivity index (χ4v) is 2.73. The largest absolute Gasteiger partial charge is 0.398 e. The van der Waals surface area contributed by atoms with Crippen LogP contribution in [0.2, 0.25) is 0 Å². The van der Waals surface area contributed by atoms with E-state index in [4.69, 9.17) is 16.4 Å². The van der Waals surface area contributed by atoms with E-state index in [1.807, 2.05) is 42.5 Å². The molecule has 3 nitrogen and oxygen atoms in total. The summed E-state index contributed by atoms with van der Waals surface area (Å²) in [6.45, 7) is 0. The average molecular weight is 325 g/mol. The molecule has 1 aliphatic rings. The van der Waals surface area contributed by atoms with Crippen LogP contribution in [-0.2, 0) is 0 Å². The smallest absolute Gasteiger partial charge is 0.0991 e. The Morgan fingerprint density at radius 3 is 2.20 bits per heavy atom. The van der Waals surface area contributed by atoms with E-state index >= 15 is 0 Å². The molecule has 0 saturated heterocycles. The number of hydrogen-bond acceptors (Lipinski definition) is 3. The number of nitriles is 1. The first-order valence-electron chi connectivity index (χ1n) is 8.21. The molecule has 122 valence electrons. The predicted molar refractivity (Wildman–Crippen MR) is 102 cm³/mol. The Morgan fingerprint density at radius 1 is 1.00 bits per heavy atom. The minimum Gasteiger partial charge on any atom is -0.398 e. The molecule has 1 aliphatic carbocycles. The molecule has 0 amide bonds. The molecule has 3 N–H and O–H groups in total. The van der Waals surface area contributed by atoms with Gasteiger partial charge in [0.15, 0.2) is 0 Å². The molecule has 0 atom stereocenters. The van der Waals surface area contributed by atoms with Crippen LogP contribution in [-0.4, -0.2) is 5.71 Å². The topological polar surface area (TPSA) is 73.7 Å². The summed E-state index contributed by atoms with van der Waals surface area (Å²) >= 11 is 0. The monoisotopic (exact) mass is 325 g/mol. The van der Waals surface area contributed by atoms with Crippen molar-refractivity contribution in [1.82, 2.24) is 0 Å². The van der Waals surface area contributed by atoms with Crippen LogP contribution >= 0.6 is 0 Å². The van der Waals surface area contributed by atoms with Crippen LogP contribution in [0.1, 0.15) is 24.0 Å². The molecule has 0 aliphatic heterocycles. The summed E-state index contributed by atoms with van der Waals surface area (Å²) in [6.07, 6.45) is 9.96. The van der Waals surface area contributed by atoms with Gasteiger partial charge >= 0.3 is 0 Å². The van der Waals surface area contributed by atoms with Gasteiger partial charge in [0.05, 0.1) is 17.3 Å². The Hall–Kier alpha value is -3.38. The predicted octanol–water partition coefficient (Wildman–Crippen LogP) is 4.71. The van der Waals surface area contributed by atoms with E-state index in [1.165, 1.54) is 0 Å². The van der Waals surface area contributed by atoms with E-state index in [0.29, 0.717) is 17.0 Å². The van der Waals surface area contributed by atoms with Gasteiger partial charge in [-0.2, -0.15) is 5.26 Å². The van der Waals surface area contributed by atoms with Crippen LogP contribution in [0.25, 0.3) is 11.1 Å². The summed E-state index contributed by atoms with van der Waals surface area (Å²) < 4.78 is 0. The first kappa shape index (κ1) is 16.5. The van der Waals surface area contributed by atoms with Crippen molar-refractivity contribution in [2.45, 2.75) is 12.8 Å². The normalized spacial score (nSPS) is 13.9. The van der Waals surface area contributed by atoms with E-state index in [0.717, 1.165) is 35.1 Å². The Kier molecular flexibility index (Phi) is 4.92. The van der Waals surface area contributed by atoms with Gasteiger partial charge in [-0.1, -0.05) is 54.6 Å². The van der Waals surface area contributed by atoms with Crippen LogP contribution in [0, 0.1) is 16.7 Å². The highest BCUT2D eigenvalue weighted by atomic mass is 14.6. The van der Waals surface area contributed by atoms with Gasteiger partial charge in [-0.05, 0) is 53.3 Å². The molecule has 0 saturated carbocycles. The molecular formula is C22H19N3. The zero-order chi connectivity index (χ0) is 17.6. The SMILES string of the molecule is N#Cc1ccc(-c2ccc(C(=N)/C=C(\N)C3=CCCC=C3)cc2)cc1. The number of hydrogen-bond donors (Lipinski definition) is 2. The van der Waals surface area contributed by atoms with Crippen molar-refractivity contribution < 1.29 is 0 Å².